The Kier molecular flexibility index (Phi) is 8.90. The molecule has 0 bridgehead atoms. The number of hydrogen-bond acceptors (Lipinski definition) is 13. The van der Waals surface area contributed by atoms with Crippen LogP contribution in [0.3, 0.4) is 0 Å². The number of rotatable bonds is 8. The predicted molar refractivity (Wildman–Crippen MR) is 85.4 cm³/mol. The Balaban J connectivity index is 1.93. The second kappa shape index (κ2) is 10.5. The molecular weight excluding hydrogens is 388 g/mol. The second-order valence-corrected chi connectivity index (χ2v) is 6.67. The molecule has 0 spiro atoms. The van der Waals surface area contributed by atoms with Crippen LogP contribution in [0.25, 0.3) is 0 Å². The van der Waals surface area contributed by atoms with E-state index in [4.69, 9.17) is 29.2 Å². The zero-order valence-electron chi connectivity index (χ0n) is 14.8. The van der Waals surface area contributed by atoms with Gasteiger partial charge in [-0.1, -0.05) is 0 Å². The van der Waals surface area contributed by atoms with Gasteiger partial charge in [0.05, 0.1) is 26.4 Å². The first-order chi connectivity index (χ1) is 13.2. The lowest BCUT2D eigenvalue weighted by Crippen LogP contribution is -2.60. The molecule has 166 valence electrons. The van der Waals surface area contributed by atoms with E-state index < -0.39 is 93.9 Å². The largest absolute Gasteiger partial charge is 0.394 e. The van der Waals surface area contributed by atoms with Gasteiger partial charge in [0.15, 0.2) is 12.6 Å². The topological polar surface area (TPSA) is 219 Å². The molecule has 3 unspecified atom stereocenters. The molecule has 0 aromatic heterocycles. The number of ether oxygens (including phenoxy) is 4. The molecule has 2 fully saturated rings. The van der Waals surface area contributed by atoms with Crippen molar-refractivity contribution in [1.82, 2.24) is 0 Å². The first kappa shape index (κ1) is 23.8. The SMILES string of the molecule is OCC(COC1O[C@H](CO)[C@@H](O)[C@H](O)[C@H]1O)OC1O[C@H](CO)[C@H](O)[C@H](O)[C@H]1O. The summed E-state index contributed by atoms with van der Waals surface area (Å²) in [6, 6.07) is 0. The molecule has 2 aliphatic heterocycles. The molecule has 0 aromatic carbocycles. The number of aliphatic hydroxyl groups is 9. The van der Waals surface area contributed by atoms with Crippen LogP contribution in [0, 0.1) is 0 Å². The third-order valence-corrected chi connectivity index (χ3v) is 4.67. The van der Waals surface area contributed by atoms with Gasteiger partial charge in [-0.3, -0.25) is 0 Å². The molecule has 0 radical (unpaired) electrons. The summed E-state index contributed by atoms with van der Waals surface area (Å²) in [5.74, 6) is 0. The first-order valence-electron chi connectivity index (χ1n) is 8.74. The maximum Gasteiger partial charge on any atom is 0.187 e. The molecule has 0 aliphatic carbocycles. The molecule has 0 aromatic rings. The lowest BCUT2D eigenvalue weighted by atomic mass is 9.99. The Labute approximate surface area is 159 Å². The summed E-state index contributed by atoms with van der Waals surface area (Å²) in [5, 5.41) is 86.5. The van der Waals surface area contributed by atoms with Gasteiger partial charge in [0.1, 0.15) is 54.9 Å². The molecule has 13 nitrogen and oxygen atoms in total. The van der Waals surface area contributed by atoms with Crippen molar-refractivity contribution < 1.29 is 64.9 Å². The highest BCUT2D eigenvalue weighted by Gasteiger charge is 2.46. The molecule has 0 amide bonds. The van der Waals surface area contributed by atoms with E-state index in [2.05, 4.69) is 0 Å². The van der Waals surface area contributed by atoms with E-state index in [9.17, 15) is 35.7 Å². The molecule has 28 heavy (non-hydrogen) atoms. The normalized spacial score (nSPS) is 45.8. The van der Waals surface area contributed by atoms with Crippen LogP contribution < -0.4 is 0 Å². The van der Waals surface area contributed by atoms with Crippen LogP contribution in [0.5, 0.6) is 0 Å². The number of aliphatic hydroxyl groups excluding tert-OH is 9. The van der Waals surface area contributed by atoms with Gasteiger partial charge in [-0.15, -0.1) is 0 Å². The van der Waals surface area contributed by atoms with Crippen molar-refractivity contribution >= 4 is 0 Å². The Hall–Kier alpha value is -0.520. The number of hydrogen-bond donors (Lipinski definition) is 9. The van der Waals surface area contributed by atoms with E-state index in [1.54, 1.807) is 0 Å². The van der Waals surface area contributed by atoms with E-state index >= 15 is 0 Å². The molecule has 11 atom stereocenters. The summed E-state index contributed by atoms with van der Waals surface area (Å²) in [6.45, 7) is -2.38. The fourth-order valence-corrected chi connectivity index (χ4v) is 2.91. The Morgan fingerprint density at radius 1 is 0.643 bits per heavy atom. The van der Waals surface area contributed by atoms with Gasteiger partial charge < -0.3 is 64.9 Å². The van der Waals surface area contributed by atoms with Crippen LogP contribution in [-0.4, -0.2) is 140 Å². The third kappa shape index (κ3) is 5.14. The summed E-state index contributed by atoms with van der Waals surface area (Å²) in [7, 11) is 0. The maximum atomic E-state index is 9.94. The Morgan fingerprint density at radius 2 is 1.11 bits per heavy atom. The average molecular weight is 416 g/mol. The highest BCUT2D eigenvalue weighted by Crippen LogP contribution is 2.24. The molecular formula is C15H28O13. The van der Waals surface area contributed by atoms with Gasteiger partial charge in [-0.25, -0.2) is 0 Å². The van der Waals surface area contributed by atoms with Crippen molar-refractivity contribution in [2.24, 2.45) is 0 Å². The lowest BCUT2D eigenvalue weighted by molar-refractivity contribution is -0.330. The predicted octanol–water partition coefficient (Wildman–Crippen LogP) is -6.02. The molecule has 0 saturated carbocycles. The van der Waals surface area contributed by atoms with E-state index in [-0.39, 0.29) is 0 Å². The van der Waals surface area contributed by atoms with E-state index in [1.165, 1.54) is 0 Å². The highest BCUT2D eigenvalue weighted by molar-refractivity contribution is 4.90. The lowest BCUT2D eigenvalue weighted by Gasteiger charge is -2.41. The van der Waals surface area contributed by atoms with Crippen molar-refractivity contribution in [3.05, 3.63) is 0 Å². The van der Waals surface area contributed by atoms with Gasteiger partial charge in [0.25, 0.3) is 0 Å². The highest BCUT2D eigenvalue weighted by atomic mass is 16.7. The fourth-order valence-electron chi connectivity index (χ4n) is 2.91. The van der Waals surface area contributed by atoms with Crippen molar-refractivity contribution in [3.8, 4) is 0 Å². The molecule has 2 aliphatic rings. The van der Waals surface area contributed by atoms with Gasteiger partial charge in [-0.2, -0.15) is 0 Å². The summed E-state index contributed by atoms with van der Waals surface area (Å²) in [4.78, 5) is 0. The second-order valence-electron chi connectivity index (χ2n) is 6.67. The summed E-state index contributed by atoms with van der Waals surface area (Å²) in [5.41, 5.74) is 0. The maximum absolute atomic E-state index is 9.94. The molecule has 2 heterocycles. The van der Waals surface area contributed by atoms with Gasteiger partial charge in [-0.05, 0) is 0 Å². The van der Waals surface area contributed by atoms with Crippen LogP contribution in [-0.2, 0) is 18.9 Å². The zero-order chi connectivity index (χ0) is 21.0. The van der Waals surface area contributed by atoms with E-state index in [1.807, 2.05) is 0 Å². The minimum absolute atomic E-state index is 0.436. The van der Waals surface area contributed by atoms with E-state index in [0.717, 1.165) is 0 Å². The minimum atomic E-state index is -1.68. The fraction of sp³-hybridized carbons (Fsp3) is 1.00. The third-order valence-electron chi connectivity index (χ3n) is 4.67. The van der Waals surface area contributed by atoms with Crippen molar-refractivity contribution in [1.29, 1.82) is 0 Å². The summed E-state index contributed by atoms with van der Waals surface area (Å²) < 4.78 is 20.8. The summed E-state index contributed by atoms with van der Waals surface area (Å²) >= 11 is 0. The van der Waals surface area contributed by atoms with Crippen LogP contribution >= 0.6 is 0 Å². The molecule has 13 heteroatoms. The molecule has 2 rings (SSSR count). The smallest absolute Gasteiger partial charge is 0.187 e. The van der Waals surface area contributed by atoms with Crippen LogP contribution in [0.15, 0.2) is 0 Å². The quantitative estimate of drug-likeness (QED) is 0.180. The van der Waals surface area contributed by atoms with Gasteiger partial charge >= 0.3 is 0 Å². The summed E-state index contributed by atoms with van der Waals surface area (Å²) in [6.07, 6.45) is -16.3. The van der Waals surface area contributed by atoms with Gasteiger partial charge in [0.2, 0.25) is 0 Å². The monoisotopic (exact) mass is 416 g/mol. The van der Waals surface area contributed by atoms with Gasteiger partial charge in [0, 0.05) is 0 Å². The Morgan fingerprint density at radius 3 is 1.57 bits per heavy atom. The molecule has 2 saturated heterocycles. The van der Waals surface area contributed by atoms with Crippen LogP contribution in [0.1, 0.15) is 0 Å². The van der Waals surface area contributed by atoms with Crippen molar-refractivity contribution in [2.45, 2.75) is 67.5 Å². The Bertz CT molecular complexity index is 463. The average Bonchev–Trinajstić information content (AvgIpc) is 2.70. The van der Waals surface area contributed by atoms with Crippen LogP contribution in [0.2, 0.25) is 0 Å². The molecule has 9 N–H and O–H groups in total. The minimum Gasteiger partial charge on any atom is -0.394 e. The van der Waals surface area contributed by atoms with Crippen LogP contribution in [0.4, 0.5) is 0 Å². The standard InChI is InChI=1S/C15H28O13/c16-1-5(26-15-13(24)11(22)9(20)7(3-18)28-15)4-25-14-12(23)10(21)8(19)6(2-17)27-14/h5-24H,1-4H2/t5?,6-,7-,8-,9+,10+,11+,12-,13-,14?,15?/m1/s1. The van der Waals surface area contributed by atoms with E-state index in [0.29, 0.717) is 0 Å². The zero-order valence-corrected chi connectivity index (χ0v) is 14.8. The first-order valence-corrected chi connectivity index (χ1v) is 8.74. The van der Waals surface area contributed by atoms with Crippen molar-refractivity contribution in [3.63, 3.8) is 0 Å². The van der Waals surface area contributed by atoms with Crippen molar-refractivity contribution in [2.75, 3.05) is 26.4 Å².